The van der Waals surface area contributed by atoms with E-state index in [0.29, 0.717) is 0 Å². The fourth-order valence-electron chi connectivity index (χ4n) is 2.34. The van der Waals surface area contributed by atoms with Gasteiger partial charge >= 0.3 is 0 Å². The number of nitrogens with one attached hydrogen (secondary N) is 1. The highest BCUT2D eigenvalue weighted by molar-refractivity contribution is 5.57. The zero-order valence-electron chi connectivity index (χ0n) is 11.1. The Labute approximate surface area is 108 Å². The predicted octanol–water partition coefficient (Wildman–Crippen LogP) is -0.0590. The van der Waals surface area contributed by atoms with Crippen LogP contribution in [0.15, 0.2) is 6.33 Å². The van der Waals surface area contributed by atoms with Crippen LogP contribution in [0.5, 0.6) is 0 Å². The molecule has 0 unspecified atom stereocenters. The zero-order chi connectivity index (χ0) is 13.0. The lowest BCUT2D eigenvalue weighted by Crippen LogP contribution is -2.47. The van der Waals surface area contributed by atoms with E-state index in [9.17, 15) is 0 Å². The molecule has 1 aromatic rings. The Bertz CT molecular complexity index is 390. The second-order valence-corrected chi connectivity index (χ2v) is 4.47. The molecule has 18 heavy (non-hydrogen) atoms. The number of aromatic nitrogens is 2. The first-order valence-electron chi connectivity index (χ1n) is 6.33. The van der Waals surface area contributed by atoms with E-state index in [1.165, 1.54) is 0 Å². The molecule has 0 atom stereocenters. The molecule has 1 aromatic heterocycles. The van der Waals surface area contributed by atoms with Crippen LogP contribution in [-0.4, -0.2) is 66.4 Å². The molecule has 6 heteroatoms. The van der Waals surface area contributed by atoms with Crippen molar-refractivity contribution in [2.24, 2.45) is 0 Å². The normalized spacial score (nSPS) is 16.9. The molecule has 2 heterocycles. The van der Waals surface area contributed by atoms with Crippen LogP contribution in [0, 0.1) is 6.92 Å². The Hall–Kier alpha value is -1.40. The van der Waals surface area contributed by atoms with Crippen molar-refractivity contribution in [3.8, 4) is 0 Å². The van der Waals surface area contributed by atoms with E-state index < -0.39 is 0 Å². The van der Waals surface area contributed by atoms with Gasteiger partial charge in [-0.05, 0) is 6.92 Å². The summed E-state index contributed by atoms with van der Waals surface area (Å²) in [6, 6.07) is 0. The van der Waals surface area contributed by atoms with Crippen molar-refractivity contribution in [2.75, 3.05) is 56.6 Å². The lowest BCUT2D eigenvalue weighted by molar-refractivity contribution is 0.188. The molecule has 0 spiro atoms. The van der Waals surface area contributed by atoms with Gasteiger partial charge in [0.1, 0.15) is 18.0 Å². The molecular formula is C12H21N5O. The van der Waals surface area contributed by atoms with E-state index in [1.807, 2.05) is 14.0 Å². The molecule has 0 saturated carbocycles. The third kappa shape index (κ3) is 2.70. The van der Waals surface area contributed by atoms with Crippen LogP contribution in [0.25, 0.3) is 0 Å². The first-order valence-corrected chi connectivity index (χ1v) is 6.33. The number of aliphatic hydroxyl groups is 1. The summed E-state index contributed by atoms with van der Waals surface area (Å²) in [6.07, 6.45) is 1.61. The fourth-order valence-corrected chi connectivity index (χ4v) is 2.34. The standard InChI is InChI=1S/C12H21N5O/c1-10-11(13-2)14-9-15-12(10)17-5-3-16(4-6-17)7-8-18/h9,18H,3-8H2,1-2H3,(H,13,14,15). The molecule has 2 N–H and O–H groups in total. The maximum absolute atomic E-state index is 8.93. The van der Waals surface area contributed by atoms with Crippen LogP contribution in [0.3, 0.4) is 0 Å². The lowest BCUT2D eigenvalue weighted by Gasteiger charge is -2.35. The van der Waals surface area contributed by atoms with Crippen LogP contribution in [0.1, 0.15) is 5.56 Å². The smallest absolute Gasteiger partial charge is 0.137 e. The number of nitrogens with zero attached hydrogens (tertiary/aromatic N) is 4. The van der Waals surface area contributed by atoms with E-state index in [1.54, 1.807) is 6.33 Å². The van der Waals surface area contributed by atoms with Gasteiger partial charge in [-0.3, -0.25) is 4.90 Å². The van der Waals surface area contributed by atoms with Gasteiger partial charge in [0.2, 0.25) is 0 Å². The van der Waals surface area contributed by atoms with Gasteiger partial charge in [-0.15, -0.1) is 0 Å². The summed E-state index contributed by atoms with van der Waals surface area (Å²) in [5.74, 6) is 1.90. The topological polar surface area (TPSA) is 64.5 Å². The van der Waals surface area contributed by atoms with Crippen molar-refractivity contribution in [1.82, 2.24) is 14.9 Å². The van der Waals surface area contributed by atoms with Gasteiger partial charge < -0.3 is 15.3 Å². The summed E-state index contributed by atoms with van der Waals surface area (Å²) < 4.78 is 0. The Kier molecular flexibility index (Phi) is 4.33. The minimum absolute atomic E-state index is 0.233. The van der Waals surface area contributed by atoms with Crippen LogP contribution in [0.4, 0.5) is 11.6 Å². The number of piperazine rings is 1. The average molecular weight is 251 g/mol. The molecule has 1 saturated heterocycles. The second-order valence-electron chi connectivity index (χ2n) is 4.47. The van der Waals surface area contributed by atoms with Gasteiger partial charge in [-0.1, -0.05) is 0 Å². The number of rotatable bonds is 4. The number of hydrogen-bond acceptors (Lipinski definition) is 6. The first kappa shape index (κ1) is 13.0. The van der Waals surface area contributed by atoms with Gasteiger partial charge in [-0.25, -0.2) is 9.97 Å². The van der Waals surface area contributed by atoms with Gasteiger partial charge in [0, 0.05) is 45.3 Å². The van der Waals surface area contributed by atoms with Gasteiger partial charge in [-0.2, -0.15) is 0 Å². The van der Waals surface area contributed by atoms with Crippen molar-refractivity contribution in [3.05, 3.63) is 11.9 Å². The third-order valence-corrected chi connectivity index (χ3v) is 3.38. The largest absolute Gasteiger partial charge is 0.395 e. The highest BCUT2D eigenvalue weighted by Crippen LogP contribution is 2.22. The molecule has 1 fully saturated rings. The van der Waals surface area contributed by atoms with Crippen LogP contribution in [0.2, 0.25) is 0 Å². The van der Waals surface area contributed by atoms with Crippen LogP contribution < -0.4 is 10.2 Å². The van der Waals surface area contributed by atoms with Crippen molar-refractivity contribution in [2.45, 2.75) is 6.92 Å². The SMILES string of the molecule is CNc1ncnc(N2CCN(CCO)CC2)c1C. The molecule has 0 bridgehead atoms. The number of anilines is 2. The highest BCUT2D eigenvalue weighted by atomic mass is 16.3. The Morgan fingerprint density at radius 3 is 2.61 bits per heavy atom. The summed E-state index contributed by atoms with van der Waals surface area (Å²) in [5.41, 5.74) is 1.09. The summed E-state index contributed by atoms with van der Waals surface area (Å²) >= 11 is 0. The quantitative estimate of drug-likeness (QED) is 0.782. The minimum Gasteiger partial charge on any atom is -0.395 e. The monoisotopic (exact) mass is 251 g/mol. The molecule has 1 aliphatic heterocycles. The molecule has 2 rings (SSSR count). The lowest BCUT2D eigenvalue weighted by atomic mass is 10.2. The fraction of sp³-hybridized carbons (Fsp3) is 0.667. The van der Waals surface area contributed by atoms with E-state index in [4.69, 9.17) is 5.11 Å². The number of hydrogen-bond donors (Lipinski definition) is 2. The molecule has 0 aromatic carbocycles. The summed E-state index contributed by atoms with van der Waals surface area (Å²) in [7, 11) is 1.87. The predicted molar refractivity (Wildman–Crippen MR) is 72.1 cm³/mol. The van der Waals surface area contributed by atoms with Crippen molar-refractivity contribution in [1.29, 1.82) is 0 Å². The summed E-state index contributed by atoms with van der Waals surface area (Å²) in [6.45, 7) is 6.87. The summed E-state index contributed by atoms with van der Waals surface area (Å²) in [5, 5.41) is 12.0. The van der Waals surface area contributed by atoms with E-state index in [2.05, 4.69) is 25.1 Å². The van der Waals surface area contributed by atoms with Gasteiger partial charge in [0.05, 0.1) is 6.61 Å². The highest BCUT2D eigenvalue weighted by Gasteiger charge is 2.19. The van der Waals surface area contributed by atoms with E-state index >= 15 is 0 Å². The maximum Gasteiger partial charge on any atom is 0.137 e. The molecule has 6 nitrogen and oxygen atoms in total. The van der Waals surface area contributed by atoms with Crippen molar-refractivity contribution < 1.29 is 5.11 Å². The molecule has 0 amide bonds. The Balaban J connectivity index is 2.05. The molecule has 0 aliphatic carbocycles. The van der Waals surface area contributed by atoms with E-state index in [-0.39, 0.29) is 6.61 Å². The number of β-amino-alcohol motifs (C(OH)–C–C–N with tert-alkyl or cyclic N) is 1. The zero-order valence-corrected chi connectivity index (χ0v) is 11.1. The van der Waals surface area contributed by atoms with Crippen molar-refractivity contribution in [3.63, 3.8) is 0 Å². The van der Waals surface area contributed by atoms with Gasteiger partial charge in [0.25, 0.3) is 0 Å². The first-order chi connectivity index (χ1) is 8.76. The molecule has 0 radical (unpaired) electrons. The molecule has 1 aliphatic rings. The molecular weight excluding hydrogens is 230 g/mol. The third-order valence-electron chi connectivity index (χ3n) is 3.38. The summed E-state index contributed by atoms with van der Waals surface area (Å²) in [4.78, 5) is 13.1. The number of aliphatic hydroxyl groups excluding tert-OH is 1. The molecule has 100 valence electrons. The van der Waals surface area contributed by atoms with Crippen LogP contribution >= 0.6 is 0 Å². The second kappa shape index (κ2) is 5.97. The van der Waals surface area contributed by atoms with Gasteiger partial charge in [0.15, 0.2) is 0 Å². The Morgan fingerprint density at radius 1 is 1.28 bits per heavy atom. The Morgan fingerprint density at radius 2 is 2.00 bits per heavy atom. The maximum atomic E-state index is 8.93. The van der Waals surface area contributed by atoms with Crippen molar-refractivity contribution >= 4 is 11.6 Å². The van der Waals surface area contributed by atoms with E-state index in [0.717, 1.165) is 49.9 Å². The average Bonchev–Trinajstić information content (AvgIpc) is 2.41. The minimum atomic E-state index is 0.233. The van der Waals surface area contributed by atoms with Crippen LogP contribution in [-0.2, 0) is 0 Å².